The van der Waals surface area contributed by atoms with Crippen molar-refractivity contribution >= 4 is 22.4 Å². The fourth-order valence-electron chi connectivity index (χ4n) is 4.42. The van der Waals surface area contributed by atoms with Crippen LogP contribution >= 0.6 is 0 Å². The molecule has 2 aromatic heterocycles. The number of piperazine rings is 1. The number of benzene rings is 2. The fraction of sp³-hybridized carbons (Fsp3) is 0.308. The van der Waals surface area contributed by atoms with Crippen LogP contribution in [-0.2, 0) is 12.7 Å². The zero-order valence-corrected chi connectivity index (χ0v) is 20.7. The Hall–Kier alpha value is -3.77. The van der Waals surface area contributed by atoms with Crippen LogP contribution in [0.15, 0.2) is 42.7 Å². The number of hydrogen-bond donors (Lipinski definition) is 2. The summed E-state index contributed by atoms with van der Waals surface area (Å²) in [5, 5.41) is 2.84. The van der Waals surface area contributed by atoms with Crippen LogP contribution in [0, 0.1) is 18.6 Å². The maximum absolute atomic E-state index is 15.2. The predicted octanol–water partition coefficient (Wildman–Crippen LogP) is 5.85. The molecule has 0 unspecified atom stereocenters. The van der Waals surface area contributed by atoms with Crippen molar-refractivity contribution in [1.82, 2.24) is 24.8 Å². The van der Waals surface area contributed by atoms with Crippen molar-refractivity contribution in [2.45, 2.75) is 19.6 Å². The number of hydrogen-bond acceptors (Lipinski definition) is 6. The topological polar surface area (TPSA) is 69.3 Å². The molecule has 3 heterocycles. The van der Waals surface area contributed by atoms with Gasteiger partial charge in [-0.3, -0.25) is 4.90 Å². The van der Waals surface area contributed by atoms with Gasteiger partial charge in [-0.05, 0) is 49.9 Å². The number of aromatic amines is 1. The third kappa shape index (κ3) is 5.41. The Labute approximate surface area is 215 Å². The third-order valence-corrected chi connectivity index (χ3v) is 6.47. The molecule has 0 amide bonds. The lowest BCUT2D eigenvalue weighted by molar-refractivity contribution is -0.138. The van der Waals surface area contributed by atoms with Crippen molar-refractivity contribution < 1.29 is 26.7 Å². The smallest absolute Gasteiger partial charge is 0.416 e. The number of ether oxygens (including phenoxy) is 1. The standard InChI is InChI=1S/C26H25F5N6O/c1-15-11-18-20(34-15)5-6-21(22(18)27)38-25-23(28)24(32-14-33-25)35-17-4-3-16(19(12-17)26(29,30)31)13-37-9-7-36(2)8-10-37/h3-6,11-12,14,34H,7-10,13H2,1-2H3,(H,32,33,35). The Morgan fingerprint density at radius 3 is 2.50 bits per heavy atom. The van der Waals surface area contributed by atoms with Crippen LogP contribution in [0.3, 0.4) is 0 Å². The van der Waals surface area contributed by atoms with Crippen LogP contribution in [-0.4, -0.2) is 58.0 Å². The molecule has 12 heteroatoms. The fourth-order valence-corrected chi connectivity index (χ4v) is 4.42. The number of H-pyrrole nitrogens is 1. The molecule has 0 bridgehead atoms. The molecule has 1 aliphatic heterocycles. The first-order valence-electron chi connectivity index (χ1n) is 11.9. The van der Waals surface area contributed by atoms with Gasteiger partial charge in [0.05, 0.1) is 5.56 Å². The van der Waals surface area contributed by atoms with E-state index in [0.717, 1.165) is 31.2 Å². The lowest BCUT2D eigenvalue weighted by Crippen LogP contribution is -2.44. The number of rotatable bonds is 6. The van der Waals surface area contributed by atoms with Crippen molar-refractivity contribution in [2.75, 3.05) is 38.5 Å². The summed E-state index contributed by atoms with van der Waals surface area (Å²) in [6.07, 6.45) is -3.63. The monoisotopic (exact) mass is 532 g/mol. The number of nitrogens with one attached hydrogen (secondary N) is 2. The van der Waals surface area contributed by atoms with Gasteiger partial charge < -0.3 is 19.9 Å². The first-order valence-corrected chi connectivity index (χ1v) is 11.9. The highest BCUT2D eigenvalue weighted by Crippen LogP contribution is 2.36. The molecule has 0 spiro atoms. The first kappa shape index (κ1) is 25.9. The van der Waals surface area contributed by atoms with Gasteiger partial charge >= 0.3 is 6.18 Å². The molecule has 0 radical (unpaired) electrons. The lowest BCUT2D eigenvalue weighted by Gasteiger charge is -2.33. The molecule has 4 aromatic rings. The summed E-state index contributed by atoms with van der Waals surface area (Å²) in [5.74, 6) is -3.02. The van der Waals surface area contributed by atoms with Crippen LogP contribution in [0.5, 0.6) is 11.6 Å². The summed E-state index contributed by atoms with van der Waals surface area (Å²) in [5.41, 5.74) is 0.589. The molecular weight excluding hydrogens is 507 g/mol. The highest BCUT2D eigenvalue weighted by molar-refractivity contribution is 5.82. The second kappa shape index (κ2) is 10.2. The zero-order chi connectivity index (χ0) is 27.0. The molecule has 200 valence electrons. The normalized spacial score (nSPS) is 15.2. The van der Waals surface area contributed by atoms with Gasteiger partial charge in [-0.1, -0.05) is 6.07 Å². The van der Waals surface area contributed by atoms with E-state index in [9.17, 15) is 17.6 Å². The zero-order valence-electron chi connectivity index (χ0n) is 20.7. The number of halogens is 5. The Morgan fingerprint density at radius 2 is 1.76 bits per heavy atom. The van der Waals surface area contributed by atoms with E-state index in [1.165, 1.54) is 18.2 Å². The van der Waals surface area contributed by atoms with Crippen molar-refractivity contribution in [3.63, 3.8) is 0 Å². The van der Waals surface area contributed by atoms with Crippen LogP contribution in [0.2, 0.25) is 0 Å². The van der Waals surface area contributed by atoms with Gasteiger partial charge in [0.2, 0.25) is 5.82 Å². The summed E-state index contributed by atoms with van der Waals surface area (Å²) in [7, 11) is 1.97. The summed E-state index contributed by atoms with van der Waals surface area (Å²) >= 11 is 0. The largest absolute Gasteiger partial charge is 0.433 e. The number of aromatic nitrogens is 3. The van der Waals surface area contributed by atoms with Crippen molar-refractivity contribution in [1.29, 1.82) is 0 Å². The molecule has 38 heavy (non-hydrogen) atoms. The minimum atomic E-state index is -4.61. The number of alkyl halides is 3. The molecule has 5 rings (SSSR count). The second-order valence-electron chi connectivity index (χ2n) is 9.31. The highest BCUT2D eigenvalue weighted by Gasteiger charge is 2.34. The van der Waals surface area contributed by atoms with E-state index < -0.39 is 35.1 Å². The Kier molecular flexibility index (Phi) is 6.93. The van der Waals surface area contributed by atoms with E-state index in [1.807, 2.05) is 11.9 Å². The van der Waals surface area contributed by atoms with Gasteiger partial charge in [0.25, 0.3) is 5.88 Å². The van der Waals surface area contributed by atoms with E-state index in [2.05, 4.69) is 25.2 Å². The van der Waals surface area contributed by atoms with Crippen LogP contribution in [0.25, 0.3) is 10.9 Å². The van der Waals surface area contributed by atoms with E-state index in [1.54, 1.807) is 19.1 Å². The maximum atomic E-state index is 15.2. The number of aryl methyl sites for hydroxylation is 1. The van der Waals surface area contributed by atoms with Gasteiger partial charge in [0.1, 0.15) is 6.33 Å². The molecule has 1 fully saturated rings. The van der Waals surface area contributed by atoms with Crippen LogP contribution in [0.1, 0.15) is 16.8 Å². The highest BCUT2D eigenvalue weighted by atomic mass is 19.4. The van der Waals surface area contributed by atoms with Crippen molar-refractivity contribution in [3.05, 3.63) is 71.2 Å². The number of likely N-dealkylation sites (N-methyl/N-ethyl adjacent to an activating group) is 1. The van der Waals surface area contributed by atoms with E-state index in [0.29, 0.717) is 18.6 Å². The molecule has 0 saturated carbocycles. The summed E-state index contributed by atoms with van der Waals surface area (Å²) < 4.78 is 77.2. The molecule has 7 nitrogen and oxygen atoms in total. The third-order valence-electron chi connectivity index (χ3n) is 6.47. The Morgan fingerprint density at radius 1 is 1.00 bits per heavy atom. The van der Waals surface area contributed by atoms with Crippen molar-refractivity contribution in [2.24, 2.45) is 0 Å². The second-order valence-corrected chi connectivity index (χ2v) is 9.31. The van der Waals surface area contributed by atoms with Gasteiger partial charge in [-0.15, -0.1) is 0 Å². The summed E-state index contributed by atoms with van der Waals surface area (Å²) in [4.78, 5) is 14.6. The molecule has 2 N–H and O–H groups in total. The first-order chi connectivity index (χ1) is 18.1. The lowest BCUT2D eigenvalue weighted by atomic mass is 10.0. The summed E-state index contributed by atoms with van der Waals surface area (Å²) in [6, 6.07) is 8.24. The Bertz CT molecular complexity index is 1460. The minimum Gasteiger partial charge on any atom is -0.433 e. The van der Waals surface area contributed by atoms with E-state index >= 15 is 4.39 Å². The quantitative estimate of drug-likeness (QED) is 0.304. The van der Waals surface area contributed by atoms with Gasteiger partial charge in [0, 0.05) is 55.0 Å². The van der Waals surface area contributed by atoms with Gasteiger partial charge in [-0.25, -0.2) is 9.37 Å². The van der Waals surface area contributed by atoms with E-state index in [-0.39, 0.29) is 28.9 Å². The Balaban J connectivity index is 1.38. The molecule has 1 saturated heterocycles. The molecule has 0 atom stereocenters. The van der Waals surface area contributed by atoms with Gasteiger partial charge in [0.15, 0.2) is 17.4 Å². The summed E-state index contributed by atoms with van der Waals surface area (Å²) in [6.45, 7) is 4.81. The molecule has 1 aliphatic rings. The molecule has 2 aromatic carbocycles. The maximum Gasteiger partial charge on any atom is 0.416 e. The van der Waals surface area contributed by atoms with Crippen molar-refractivity contribution in [3.8, 4) is 11.6 Å². The van der Waals surface area contributed by atoms with E-state index in [4.69, 9.17) is 4.74 Å². The average molecular weight is 533 g/mol. The number of fused-ring (bicyclic) bond motifs is 1. The number of nitrogens with zero attached hydrogens (tertiary/aromatic N) is 4. The molecule has 0 aliphatic carbocycles. The predicted molar refractivity (Wildman–Crippen MR) is 133 cm³/mol. The minimum absolute atomic E-state index is 0.0154. The SMILES string of the molecule is Cc1cc2c(F)c(Oc3ncnc(Nc4ccc(CN5CCN(C)CC5)c(C(F)(F)F)c4)c3F)ccc2[nH]1. The van der Waals surface area contributed by atoms with Crippen LogP contribution in [0.4, 0.5) is 33.5 Å². The average Bonchev–Trinajstić information content (AvgIpc) is 3.26. The number of anilines is 2. The van der Waals surface area contributed by atoms with Crippen LogP contribution < -0.4 is 10.1 Å². The molecular formula is C26H25F5N6O. The van der Waals surface area contributed by atoms with Gasteiger partial charge in [-0.2, -0.15) is 22.5 Å².